The Bertz CT molecular complexity index is 473. The molecule has 2 atom stereocenters. The molecule has 3 rings (SSSR count). The average Bonchev–Trinajstić information content (AvgIpc) is 2.84. The third-order valence-corrected chi connectivity index (χ3v) is 4.62. The lowest BCUT2D eigenvalue weighted by atomic mass is 10.0. The number of fused-ring (bicyclic) bond motifs is 1. The van der Waals surface area contributed by atoms with Crippen molar-refractivity contribution < 1.29 is 9.53 Å². The highest BCUT2D eigenvalue weighted by atomic mass is 35.5. The maximum atomic E-state index is 12.3. The Hall–Kier alpha value is -1.02. The van der Waals surface area contributed by atoms with Crippen molar-refractivity contribution in [2.24, 2.45) is 17.8 Å². The summed E-state index contributed by atoms with van der Waals surface area (Å²) in [6.07, 6.45) is 4.25. The van der Waals surface area contributed by atoms with Crippen LogP contribution in [0.25, 0.3) is 0 Å². The number of carbonyl (C=O) groups is 1. The van der Waals surface area contributed by atoms with Gasteiger partial charge in [-0.1, -0.05) is 18.0 Å². The molecule has 2 unspecified atom stereocenters. The summed E-state index contributed by atoms with van der Waals surface area (Å²) in [5, 5.41) is 0.662. The number of hydrogen-bond donors (Lipinski definition) is 0. The number of rotatable bonds is 4. The van der Waals surface area contributed by atoms with Crippen LogP contribution < -0.4 is 4.74 Å². The van der Waals surface area contributed by atoms with E-state index in [1.807, 2.05) is 12.1 Å². The van der Waals surface area contributed by atoms with Crippen molar-refractivity contribution in [3.8, 4) is 5.75 Å². The summed E-state index contributed by atoms with van der Waals surface area (Å²) < 4.78 is 5.28. The van der Waals surface area contributed by atoms with Gasteiger partial charge in [0.25, 0.3) is 0 Å². The normalized spacial score (nSPS) is 28.9. The Morgan fingerprint density at radius 2 is 2.11 bits per heavy atom. The van der Waals surface area contributed by atoms with E-state index in [9.17, 15) is 4.79 Å². The molecule has 0 N–H and O–H groups in total. The van der Waals surface area contributed by atoms with E-state index >= 15 is 0 Å². The van der Waals surface area contributed by atoms with Crippen LogP contribution in [0.4, 0.5) is 0 Å². The van der Waals surface area contributed by atoms with Crippen molar-refractivity contribution in [1.29, 1.82) is 0 Å². The molecule has 1 aromatic rings. The van der Waals surface area contributed by atoms with Crippen LogP contribution >= 0.6 is 11.6 Å². The molecule has 2 saturated carbocycles. The van der Waals surface area contributed by atoms with Crippen LogP contribution in [0.15, 0.2) is 18.2 Å². The van der Waals surface area contributed by atoms with Gasteiger partial charge in [0.05, 0.1) is 7.11 Å². The zero-order valence-electron chi connectivity index (χ0n) is 10.5. The lowest BCUT2D eigenvalue weighted by Crippen LogP contribution is -2.10. The van der Waals surface area contributed by atoms with E-state index in [-0.39, 0.29) is 0 Å². The molecule has 2 aliphatic carbocycles. The van der Waals surface area contributed by atoms with E-state index in [4.69, 9.17) is 16.3 Å². The van der Waals surface area contributed by atoms with Crippen molar-refractivity contribution in [3.05, 3.63) is 28.8 Å². The first-order valence-electron chi connectivity index (χ1n) is 6.56. The summed E-state index contributed by atoms with van der Waals surface area (Å²) in [4.78, 5) is 12.3. The molecule has 0 spiro atoms. The van der Waals surface area contributed by atoms with Gasteiger partial charge in [-0.25, -0.2) is 0 Å². The minimum Gasteiger partial charge on any atom is -0.496 e. The molecule has 2 nitrogen and oxygen atoms in total. The highest BCUT2D eigenvalue weighted by molar-refractivity contribution is 6.30. The van der Waals surface area contributed by atoms with Gasteiger partial charge in [-0.3, -0.25) is 4.79 Å². The van der Waals surface area contributed by atoms with Crippen molar-refractivity contribution in [3.63, 3.8) is 0 Å². The third-order valence-electron chi connectivity index (χ3n) is 4.39. The van der Waals surface area contributed by atoms with Crippen LogP contribution in [0.3, 0.4) is 0 Å². The fourth-order valence-electron chi connectivity index (χ4n) is 3.49. The maximum absolute atomic E-state index is 12.3. The highest BCUT2D eigenvalue weighted by Gasteiger charge is 2.55. The topological polar surface area (TPSA) is 26.3 Å². The van der Waals surface area contributed by atoms with Gasteiger partial charge >= 0.3 is 0 Å². The van der Waals surface area contributed by atoms with Gasteiger partial charge in [0, 0.05) is 22.9 Å². The summed E-state index contributed by atoms with van der Waals surface area (Å²) in [7, 11) is 1.63. The Morgan fingerprint density at radius 3 is 2.78 bits per heavy atom. The van der Waals surface area contributed by atoms with Gasteiger partial charge in [-0.05, 0) is 42.9 Å². The zero-order valence-corrected chi connectivity index (χ0v) is 11.2. The fourth-order valence-corrected chi connectivity index (χ4v) is 3.68. The molecule has 0 saturated heterocycles. The second kappa shape index (κ2) is 4.58. The zero-order chi connectivity index (χ0) is 12.7. The van der Waals surface area contributed by atoms with Gasteiger partial charge in [0.1, 0.15) is 11.5 Å². The van der Waals surface area contributed by atoms with E-state index in [1.54, 1.807) is 13.2 Å². The van der Waals surface area contributed by atoms with Gasteiger partial charge in [-0.2, -0.15) is 0 Å². The van der Waals surface area contributed by atoms with Crippen LogP contribution in [-0.2, 0) is 11.2 Å². The van der Waals surface area contributed by atoms with Crippen LogP contribution in [0, 0.1) is 17.8 Å². The molecule has 0 heterocycles. The smallest absolute Gasteiger partial charge is 0.141 e. The summed E-state index contributed by atoms with van der Waals surface area (Å²) in [5.74, 6) is 2.82. The van der Waals surface area contributed by atoms with E-state index in [2.05, 4.69) is 0 Å². The molecule has 1 aromatic carbocycles. The molecular formula is C15H17ClO2. The molecule has 18 heavy (non-hydrogen) atoms. The Morgan fingerprint density at radius 1 is 1.39 bits per heavy atom. The van der Waals surface area contributed by atoms with E-state index < -0.39 is 0 Å². The summed E-state index contributed by atoms with van der Waals surface area (Å²) in [5.41, 5.74) is 0.917. The Kier molecular flexibility index (Phi) is 3.06. The lowest BCUT2D eigenvalue weighted by molar-refractivity contribution is -0.120. The van der Waals surface area contributed by atoms with Crippen LogP contribution in [-0.4, -0.2) is 12.9 Å². The Balaban J connectivity index is 1.72. The first kappa shape index (κ1) is 12.0. The molecular weight excluding hydrogens is 248 g/mol. The molecule has 2 aliphatic rings. The third kappa shape index (κ3) is 2.03. The van der Waals surface area contributed by atoms with Gasteiger partial charge in [0.15, 0.2) is 0 Å². The minimum atomic E-state index is 0.322. The molecule has 0 bridgehead atoms. The van der Waals surface area contributed by atoms with Crippen molar-refractivity contribution in [1.82, 2.24) is 0 Å². The first-order valence-corrected chi connectivity index (χ1v) is 6.93. The van der Waals surface area contributed by atoms with Crippen LogP contribution in [0.2, 0.25) is 5.02 Å². The molecule has 0 radical (unpaired) electrons. The molecule has 3 heteroatoms. The van der Waals surface area contributed by atoms with Gasteiger partial charge in [0.2, 0.25) is 0 Å². The number of benzene rings is 1. The number of ketones is 1. The van der Waals surface area contributed by atoms with Crippen LogP contribution in [0.1, 0.15) is 24.8 Å². The molecule has 0 amide bonds. The van der Waals surface area contributed by atoms with E-state index in [0.717, 1.165) is 11.3 Å². The lowest BCUT2D eigenvalue weighted by Gasteiger charge is -2.09. The average molecular weight is 265 g/mol. The van der Waals surface area contributed by atoms with Crippen LogP contribution in [0.5, 0.6) is 5.75 Å². The summed E-state index contributed by atoms with van der Waals surface area (Å²) in [6.45, 7) is 0. The molecule has 96 valence electrons. The molecule has 0 aromatic heterocycles. The Labute approximate surface area is 112 Å². The summed E-state index contributed by atoms with van der Waals surface area (Å²) >= 11 is 5.98. The molecule has 2 fully saturated rings. The molecule has 0 aliphatic heterocycles. The minimum absolute atomic E-state index is 0.322. The highest BCUT2D eigenvalue weighted by Crippen LogP contribution is 2.58. The number of methoxy groups -OCH3 is 1. The number of Topliss-reactive ketones (excluding diaryl/α,β-unsaturated/α-hetero) is 1. The second-order valence-corrected chi connectivity index (χ2v) is 5.82. The number of ether oxygens (including phenoxy) is 1. The van der Waals surface area contributed by atoms with E-state index in [1.165, 1.54) is 19.3 Å². The standard InChI is InChI=1S/C15H17ClO2/c1-18-14-6-5-10(16)7-9(14)8-13(17)15-11-3-2-4-12(11)15/h5-7,11-12,15H,2-4,8H2,1H3. The predicted molar refractivity (Wildman–Crippen MR) is 71.0 cm³/mol. The number of hydrogen-bond acceptors (Lipinski definition) is 2. The van der Waals surface area contributed by atoms with Crippen molar-refractivity contribution in [2.45, 2.75) is 25.7 Å². The van der Waals surface area contributed by atoms with Gasteiger partial charge < -0.3 is 4.74 Å². The fraction of sp³-hybridized carbons (Fsp3) is 0.533. The maximum Gasteiger partial charge on any atom is 0.141 e. The van der Waals surface area contributed by atoms with E-state index in [0.29, 0.717) is 35.0 Å². The largest absolute Gasteiger partial charge is 0.496 e. The number of carbonyl (C=O) groups excluding carboxylic acids is 1. The van der Waals surface area contributed by atoms with Crippen molar-refractivity contribution in [2.75, 3.05) is 7.11 Å². The monoisotopic (exact) mass is 264 g/mol. The van der Waals surface area contributed by atoms with Crippen molar-refractivity contribution >= 4 is 17.4 Å². The summed E-state index contributed by atoms with van der Waals surface area (Å²) in [6, 6.07) is 5.47. The quantitative estimate of drug-likeness (QED) is 0.832. The SMILES string of the molecule is COc1ccc(Cl)cc1CC(=O)C1C2CCCC21. The number of halogens is 1. The second-order valence-electron chi connectivity index (χ2n) is 5.38. The van der Waals surface area contributed by atoms with Gasteiger partial charge in [-0.15, -0.1) is 0 Å². The predicted octanol–water partition coefficient (Wildman–Crippen LogP) is 3.51. The first-order chi connectivity index (χ1) is 8.70.